The lowest BCUT2D eigenvalue weighted by molar-refractivity contribution is -0.119. The molecule has 26 heavy (non-hydrogen) atoms. The van der Waals surface area contributed by atoms with Gasteiger partial charge in [0.25, 0.3) is 0 Å². The Kier molecular flexibility index (Phi) is 7.67. The third-order valence-corrected chi connectivity index (χ3v) is 5.08. The third kappa shape index (κ3) is 5.88. The molecule has 1 aromatic heterocycles. The average molecular weight is 396 g/mol. The molecule has 1 unspecified atom stereocenters. The van der Waals surface area contributed by atoms with Crippen molar-refractivity contribution in [1.82, 2.24) is 20.8 Å². The summed E-state index contributed by atoms with van der Waals surface area (Å²) in [7, 11) is 0. The van der Waals surface area contributed by atoms with E-state index in [1.165, 1.54) is 23.1 Å². The van der Waals surface area contributed by atoms with Crippen LogP contribution in [0.4, 0.5) is 15.6 Å². The highest BCUT2D eigenvalue weighted by Gasteiger charge is 2.19. The number of carbonyl (C=O) groups is 2. The molecular formula is C16H21N5O3S2. The van der Waals surface area contributed by atoms with Crippen molar-refractivity contribution in [2.45, 2.75) is 30.4 Å². The van der Waals surface area contributed by atoms with E-state index in [4.69, 9.17) is 4.74 Å². The number of imide groups is 1. The first-order chi connectivity index (χ1) is 12.5. The Labute approximate surface area is 160 Å². The van der Waals surface area contributed by atoms with Gasteiger partial charge in [-0.1, -0.05) is 35.2 Å². The Morgan fingerprint density at radius 1 is 1.27 bits per heavy atom. The molecule has 0 aliphatic rings. The molecule has 1 heterocycles. The number of carbonyl (C=O) groups excluding carboxylic acids is 2. The van der Waals surface area contributed by atoms with Crippen LogP contribution in [0.3, 0.4) is 0 Å². The number of nitrogens with one attached hydrogen (secondary N) is 3. The average Bonchev–Trinajstić information content (AvgIpc) is 3.04. The predicted octanol–water partition coefficient (Wildman–Crippen LogP) is 3.01. The summed E-state index contributed by atoms with van der Waals surface area (Å²) in [5, 5.41) is 16.2. The summed E-state index contributed by atoms with van der Waals surface area (Å²) in [6.07, 6.45) is 0. The molecule has 2 aromatic rings. The number of rotatable bonds is 8. The molecule has 0 aliphatic carbocycles. The fourth-order valence-electron chi connectivity index (χ4n) is 1.90. The first kappa shape index (κ1) is 20.0. The molecule has 1 atom stereocenters. The minimum Gasteiger partial charge on any atom is -0.492 e. The van der Waals surface area contributed by atoms with Crippen molar-refractivity contribution in [3.05, 3.63) is 24.3 Å². The van der Waals surface area contributed by atoms with Gasteiger partial charge >= 0.3 is 6.03 Å². The number of urea groups is 1. The summed E-state index contributed by atoms with van der Waals surface area (Å²) in [5.41, 5.74) is 0.795. The lowest BCUT2D eigenvalue weighted by Crippen LogP contribution is -2.42. The second kappa shape index (κ2) is 9.97. The number of para-hydroxylation sites is 2. The normalized spacial score (nSPS) is 11.5. The van der Waals surface area contributed by atoms with Gasteiger partial charge < -0.3 is 15.4 Å². The summed E-state index contributed by atoms with van der Waals surface area (Å²) in [6, 6.07) is 7.05. The van der Waals surface area contributed by atoms with E-state index in [0.717, 1.165) is 11.4 Å². The number of anilines is 2. The van der Waals surface area contributed by atoms with Crippen LogP contribution in [0.2, 0.25) is 0 Å². The number of hydrogen-bond acceptors (Lipinski definition) is 8. The quantitative estimate of drug-likeness (QED) is 0.590. The molecule has 0 spiro atoms. The maximum Gasteiger partial charge on any atom is 0.321 e. The van der Waals surface area contributed by atoms with E-state index in [9.17, 15) is 9.59 Å². The maximum absolute atomic E-state index is 12.0. The van der Waals surface area contributed by atoms with E-state index in [1.807, 2.05) is 31.2 Å². The molecule has 3 amide bonds. The standard InChI is InChI=1S/C16H21N5O3S2/c1-4-17-14(23)19-13(22)10(3)25-16-21-20-15(26-16)18-11-8-6-7-9-12(11)24-5-2/h6-10H,4-5H2,1-3H3,(H,18,20)(H2,17,19,22,23). The molecule has 0 saturated carbocycles. The van der Waals surface area contributed by atoms with Crippen LogP contribution in [0.5, 0.6) is 5.75 Å². The van der Waals surface area contributed by atoms with Crippen molar-refractivity contribution in [3.8, 4) is 5.75 Å². The Balaban J connectivity index is 1.95. The van der Waals surface area contributed by atoms with Crippen LogP contribution in [-0.2, 0) is 4.79 Å². The highest BCUT2D eigenvalue weighted by atomic mass is 32.2. The van der Waals surface area contributed by atoms with Gasteiger partial charge in [0.15, 0.2) is 4.34 Å². The van der Waals surface area contributed by atoms with E-state index >= 15 is 0 Å². The third-order valence-electron chi connectivity index (χ3n) is 3.06. The highest BCUT2D eigenvalue weighted by molar-refractivity contribution is 8.02. The van der Waals surface area contributed by atoms with E-state index in [1.54, 1.807) is 13.8 Å². The summed E-state index contributed by atoms with van der Waals surface area (Å²) < 4.78 is 6.19. The number of aromatic nitrogens is 2. The molecule has 10 heteroatoms. The summed E-state index contributed by atoms with van der Waals surface area (Å²) in [4.78, 5) is 23.4. The maximum atomic E-state index is 12.0. The topological polar surface area (TPSA) is 105 Å². The van der Waals surface area contributed by atoms with Crippen LogP contribution in [0.25, 0.3) is 0 Å². The number of thioether (sulfide) groups is 1. The minimum absolute atomic E-state index is 0.382. The van der Waals surface area contributed by atoms with Gasteiger partial charge in [-0.2, -0.15) is 0 Å². The second-order valence-corrected chi connectivity index (χ2v) is 7.60. The summed E-state index contributed by atoms with van der Waals surface area (Å²) in [6.45, 7) is 6.42. The molecule has 3 N–H and O–H groups in total. The zero-order valence-electron chi connectivity index (χ0n) is 14.7. The largest absolute Gasteiger partial charge is 0.492 e. The zero-order chi connectivity index (χ0) is 18.9. The molecule has 0 fully saturated rings. The number of benzene rings is 1. The smallest absolute Gasteiger partial charge is 0.321 e. The van der Waals surface area contributed by atoms with Crippen LogP contribution >= 0.6 is 23.1 Å². The van der Waals surface area contributed by atoms with Crippen LogP contribution in [-0.4, -0.2) is 40.5 Å². The molecule has 0 radical (unpaired) electrons. The molecule has 8 nitrogen and oxygen atoms in total. The van der Waals surface area contributed by atoms with Gasteiger partial charge in [-0.15, -0.1) is 10.2 Å². The van der Waals surface area contributed by atoms with Gasteiger partial charge in [-0.3, -0.25) is 10.1 Å². The van der Waals surface area contributed by atoms with Gasteiger partial charge in [-0.05, 0) is 32.9 Å². The molecule has 0 aliphatic heterocycles. The van der Waals surface area contributed by atoms with Crippen molar-refractivity contribution in [2.24, 2.45) is 0 Å². The molecular weight excluding hydrogens is 374 g/mol. The molecule has 140 valence electrons. The predicted molar refractivity (Wildman–Crippen MR) is 103 cm³/mol. The second-order valence-electron chi connectivity index (χ2n) is 5.04. The summed E-state index contributed by atoms with van der Waals surface area (Å²) in [5.74, 6) is 0.349. The highest BCUT2D eigenvalue weighted by Crippen LogP contribution is 2.33. The van der Waals surface area contributed by atoms with Crippen LogP contribution < -0.4 is 20.7 Å². The fraction of sp³-hybridized carbons (Fsp3) is 0.375. The first-order valence-electron chi connectivity index (χ1n) is 8.11. The van der Waals surface area contributed by atoms with Crippen LogP contribution in [0.1, 0.15) is 20.8 Å². The lowest BCUT2D eigenvalue weighted by atomic mass is 10.3. The number of hydrogen-bond donors (Lipinski definition) is 3. The van der Waals surface area contributed by atoms with E-state index in [2.05, 4.69) is 26.1 Å². The SMILES string of the molecule is CCNC(=O)NC(=O)C(C)Sc1nnc(Nc2ccccc2OCC)s1. The Bertz CT molecular complexity index is 753. The van der Waals surface area contributed by atoms with Crippen molar-refractivity contribution in [1.29, 1.82) is 0 Å². The van der Waals surface area contributed by atoms with Gasteiger partial charge in [-0.25, -0.2) is 4.79 Å². The number of ether oxygens (including phenoxy) is 1. The van der Waals surface area contributed by atoms with Crippen LogP contribution in [0.15, 0.2) is 28.6 Å². The van der Waals surface area contributed by atoms with E-state index < -0.39 is 11.3 Å². The lowest BCUT2D eigenvalue weighted by Gasteiger charge is -2.10. The molecule has 0 saturated heterocycles. The van der Waals surface area contributed by atoms with Crippen LogP contribution in [0, 0.1) is 0 Å². The van der Waals surface area contributed by atoms with Gasteiger partial charge in [0.05, 0.1) is 17.5 Å². The zero-order valence-corrected chi connectivity index (χ0v) is 16.4. The Hall–Kier alpha value is -2.33. The fourth-order valence-corrected chi connectivity index (χ4v) is 3.81. The molecule has 0 bridgehead atoms. The number of nitrogens with zero attached hydrogens (tertiary/aromatic N) is 2. The molecule has 1 aromatic carbocycles. The Morgan fingerprint density at radius 3 is 2.77 bits per heavy atom. The van der Waals surface area contributed by atoms with Crippen molar-refractivity contribution < 1.29 is 14.3 Å². The van der Waals surface area contributed by atoms with Crippen molar-refractivity contribution >= 4 is 45.9 Å². The monoisotopic (exact) mass is 395 g/mol. The van der Waals surface area contributed by atoms with E-state index in [0.29, 0.717) is 22.6 Å². The van der Waals surface area contributed by atoms with Crippen molar-refractivity contribution in [3.63, 3.8) is 0 Å². The number of amides is 3. The van der Waals surface area contributed by atoms with E-state index in [-0.39, 0.29) is 5.91 Å². The minimum atomic E-state index is -0.503. The summed E-state index contributed by atoms with van der Waals surface area (Å²) >= 11 is 2.56. The first-order valence-corrected chi connectivity index (χ1v) is 9.80. The van der Waals surface area contributed by atoms with Crippen molar-refractivity contribution in [2.75, 3.05) is 18.5 Å². The Morgan fingerprint density at radius 2 is 2.04 bits per heavy atom. The van der Waals surface area contributed by atoms with Gasteiger partial charge in [0.2, 0.25) is 11.0 Å². The van der Waals surface area contributed by atoms with Gasteiger partial charge in [0.1, 0.15) is 5.75 Å². The van der Waals surface area contributed by atoms with Gasteiger partial charge in [0, 0.05) is 6.54 Å². The molecule has 2 rings (SSSR count).